The number of hydrogen-bond donors (Lipinski definition) is 2. The van der Waals surface area contributed by atoms with Crippen LogP contribution in [0, 0.1) is 0 Å². The Morgan fingerprint density at radius 1 is 0.964 bits per heavy atom. The van der Waals surface area contributed by atoms with Gasteiger partial charge in [0, 0.05) is 6.54 Å². The molecule has 2 N–H and O–H groups in total. The lowest BCUT2D eigenvalue weighted by atomic mass is 10.1. The Balaban J connectivity index is 1.84. The van der Waals surface area contributed by atoms with Crippen molar-refractivity contribution < 1.29 is 31.1 Å². The third-order valence-corrected chi connectivity index (χ3v) is 5.04. The summed E-state index contributed by atoms with van der Waals surface area (Å²) in [5.41, 5.74) is 1.94. The lowest BCUT2D eigenvalue weighted by Crippen LogP contribution is -2.24. The van der Waals surface area contributed by atoms with Crippen LogP contribution >= 0.6 is 0 Å². The van der Waals surface area contributed by atoms with Crippen molar-refractivity contribution in [1.82, 2.24) is 10.0 Å². The summed E-state index contributed by atoms with van der Waals surface area (Å²) in [6.07, 6.45) is -4.75. The van der Waals surface area contributed by atoms with Crippen LogP contribution < -0.4 is 14.8 Å². The van der Waals surface area contributed by atoms with Crippen LogP contribution in [0.25, 0.3) is 0 Å². The van der Waals surface area contributed by atoms with Crippen LogP contribution in [-0.2, 0) is 33.5 Å². The Morgan fingerprint density at radius 3 is 2.04 bits per heavy atom. The Morgan fingerprint density at radius 2 is 1.50 bits per heavy atom. The lowest BCUT2D eigenvalue weighted by molar-refractivity contribution is -0.274. The maximum absolute atomic E-state index is 12.1. The Bertz CT molecular complexity index is 896. The van der Waals surface area contributed by atoms with Crippen molar-refractivity contribution in [2.45, 2.75) is 25.1 Å². The zero-order chi connectivity index (χ0) is 20.8. The summed E-state index contributed by atoms with van der Waals surface area (Å²) >= 11 is 0. The van der Waals surface area contributed by atoms with Gasteiger partial charge in [-0.25, -0.2) is 13.1 Å². The molecule has 2 rings (SSSR count). The maximum Gasteiger partial charge on any atom is 0.573 e. The molecule has 0 saturated heterocycles. The fraction of sp³-hybridized carbons (Fsp3) is 0.278. The Labute approximate surface area is 160 Å². The van der Waals surface area contributed by atoms with Gasteiger partial charge < -0.3 is 10.1 Å². The SMILES string of the molecule is CNS(=O)(=O)Cc1ccc(CNC(=O)Cc2ccc(OC(F)(F)F)cc2)cc1. The van der Waals surface area contributed by atoms with Crippen LogP contribution in [0.3, 0.4) is 0 Å². The molecule has 2 aromatic carbocycles. The van der Waals surface area contributed by atoms with Crippen LogP contribution in [-0.4, -0.2) is 27.7 Å². The average molecular weight is 416 g/mol. The fourth-order valence-corrected chi connectivity index (χ4v) is 3.08. The average Bonchev–Trinajstić information content (AvgIpc) is 2.61. The van der Waals surface area contributed by atoms with Gasteiger partial charge in [-0.1, -0.05) is 36.4 Å². The zero-order valence-electron chi connectivity index (χ0n) is 14.9. The summed E-state index contributed by atoms with van der Waals surface area (Å²) in [6.45, 7) is 0.243. The molecule has 0 atom stereocenters. The van der Waals surface area contributed by atoms with Gasteiger partial charge in [-0.3, -0.25) is 4.79 Å². The topological polar surface area (TPSA) is 84.5 Å². The zero-order valence-corrected chi connectivity index (χ0v) is 15.7. The number of carbonyl (C=O) groups excluding carboxylic acids is 1. The number of sulfonamides is 1. The Kier molecular flexibility index (Phi) is 7.03. The molecule has 1 amide bonds. The first-order valence-electron chi connectivity index (χ1n) is 8.17. The number of amides is 1. The fourth-order valence-electron chi connectivity index (χ4n) is 2.30. The number of carbonyl (C=O) groups is 1. The van der Waals surface area contributed by atoms with E-state index in [2.05, 4.69) is 14.8 Å². The monoisotopic (exact) mass is 416 g/mol. The molecule has 0 aromatic heterocycles. The second-order valence-electron chi connectivity index (χ2n) is 5.92. The van der Waals surface area contributed by atoms with Crippen molar-refractivity contribution in [2.75, 3.05) is 7.05 Å². The molecule has 0 heterocycles. The summed E-state index contributed by atoms with van der Waals surface area (Å²) in [5, 5.41) is 2.70. The number of ether oxygens (including phenoxy) is 1. The first kappa shape index (κ1) is 21.7. The van der Waals surface area contributed by atoms with E-state index < -0.39 is 16.4 Å². The molecule has 0 aliphatic carbocycles. The summed E-state index contributed by atoms with van der Waals surface area (Å²) < 4.78 is 65.4. The van der Waals surface area contributed by atoms with E-state index in [0.717, 1.165) is 17.7 Å². The van der Waals surface area contributed by atoms with Crippen LogP contribution in [0.4, 0.5) is 13.2 Å². The highest BCUT2D eigenvalue weighted by molar-refractivity contribution is 7.88. The number of nitrogens with one attached hydrogen (secondary N) is 2. The number of alkyl halides is 3. The van der Waals surface area contributed by atoms with Gasteiger partial charge >= 0.3 is 6.36 Å². The van der Waals surface area contributed by atoms with Crippen LogP contribution in [0.1, 0.15) is 16.7 Å². The van der Waals surface area contributed by atoms with E-state index >= 15 is 0 Å². The molecular weight excluding hydrogens is 397 g/mol. The van der Waals surface area contributed by atoms with Crippen LogP contribution in [0.5, 0.6) is 5.75 Å². The van der Waals surface area contributed by atoms with E-state index in [-0.39, 0.29) is 30.4 Å². The molecule has 0 radical (unpaired) electrons. The number of hydrogen-bond acceptors (Lipinski definition) is 4. The maximum atomic E-state index is 12.1. The molecule has 10 heteroatoms. The van der Waals surface area contributed by atoms with Crippen molar-refractivity contribution in [3.05, 3.63) is 65.2 Å². The minimum Gasteiger partial charge on any atom is -0.406 e. The summed E-state index contributed by atoms with van der Waals surface area (Å²) in [5.74, 6) is -0.784. The first-order valence-corrected chi connectivity index (χ1v) is 9.82. The highest BCUT2D eigenvalue weighted by Gasteiger charge is 2.30. The number of benzene rings is 2. The van der Waals surface area contributed by atoms with E-state index in [4.69, 9.17) is 0 Å². The predicted molar refractivity (Wildman–Crippen MR) is 96.8 cm³/mol. The minimum absolute atomic E-state index is 0.00476. The van der Waals surface area contributed by atoms with Crippen molar-refractivity contribution in [3.8, 4) is 5.75 Å². The highest BCUT2D eigenvalue weighted by Crippen LogP contribution is 2.22. The lowest BCUT2D eigenvalue weighted by Gasteiger charge is -2.10. The van der Waals surface area contributed by atoms with E-state index in [9.17, 15) is 26.4 Å². The normalized spacial score (nSPS) is 11.9. The standard InChI is InChI=1S/C18H19F3N2O4S/c1-22-28(25,26)12-15-4-2-14(3-5-15)11-23-17(24)10-13-6-8-16(9-7-13)27-18(19,20)21/h2-9,22H,10-12H2,1H3,(H,23,24). The molecule has 0 aliphatic heterocycles. The van der Waals surface area contributed by atoms with Gasteiger partial charge in [0.15, 0.2) is 0 Å². The van der Waals surface area contributed by atoms with E-state index in [1.54, 1.807) is 24.3 Å². The van der Waals surface area contributed by atoms with Crippen molar-refractivity contribution in [2.24, 2.45) is 0 Å². The van der Waals surface area contributed by atoms with Gasteiger partial charge in [0.05, 0.1) is 12.2 Å². The molecule has 0 fully saturated rings. The van der Waals surface area contributed by atoms with Gasteiger partial charge in [0.25, 0.3) is 0 Å². The molecule has 2 aromatic rings. The van der Waals surface area contributed by atoms with E-state index in [0.29, 0.717) is 11.1 Å². The molecule has 0 aliphatic rings. The first-order chi connectivity index (χ1) is 13.1. The van der Waals surface area contributed by atoms with E-state index in [1.165, 1.54) is 19.2 Å². The van der Waals surface area contributed by atoms with Gasteiger partial charge in [-0.05, 0) is 35.9 Å². The highest BCUT2D eigenvalue weighted by atomic mass is 32.2. The van der Waals surface area contributed by atoms with Crippen LogP contribution in [0.2, 0.25) is 0 Å². The van der Waals surface area contributed by atoms with Crippen LogP contribution in [0.15, 0.2) is 48.5 Å². The predicted octanol–water partition coefficient (Wildman–Crippen LogP) is 2.49. The molecule has 28 heavy (non-hydrogen) atoms. The molecule has 0 saturated carbocycles. The Hall–Kier alpha value is -2.59. The van der Waals surface area contributed by atoms with Gasteiger partial charge in [0.1, 0.15) is 5.75 Å². The summed E-state index contributed by atoms with van der Waals surface area (Å²) in [6, 6.07) is 11.8. The molecule has 152 valence electrons. The second kappa shape index (κ2) is 9.07. The molecule has 0 spiro atoms. The minimum atomic E-state index is -4.76. The quantitative estimate of drug-likeness (QED) is 0.693. The van der Waals surface area contributed by atoms with Crippen molar-refractivity contribution in [1.29, 1.82) is 0 Å². The van der Waals surface area contributed by atoms with Gasteiger partial charge in [0.2, 0.25) is 15.9 Å². The third kappa shape index (κ3) is 7.57. The number of halogens is 3. The molecule has 0 unspecified atom stereocenters. The molecular formula is C18H19F3N2O4S. The number of rotatable bonds is 8. The molecule has 0 bridgehead atoms. The smallest absolute Gasteiger partial charge is 0.406 e. The summed E-state index contributed by atoms with van der Waals surface area (Å²) in [4.78, 5) is 12.0. The van der Waals surface area contributed by atoms with Gasteiger partial charge in [-0.2, -0.15) is 0 Å². The van der Waals surface area contributed by atoms with E-state index in [1.807, 2.05) is 0 Å². The molecule has 6 nitrogen and oxygen atoms in total. The third-order valence-electron chi connectivity index (χ3n) is 3.70. The second-order valence-corrected chi connectivity index (χ2v) is 7.85. The summed E-state index contributed by atoms with van der Waals surface area (Å²) in [7, 11) is -2.01. The van der Waals surface area contributed by atoms with Crippen molar-refractivity contribution in [3.63, 3.8) is 0 Å². The van der Waals surface area contributed by atoms with Gasteiger partial charge in [-0.15, -0.1) is 13.2 Å². The van der Waals surface area contributed by atoms with Crippen molar-refractivity contribution >= 4 is 15.9 Å². The largest absolute Gasteiger partial charge is 0.573 e.